The molecule has 0 saturated carbocycles. The van der Waals surface area contributed by atoms with Crippen molar-refractivity contribution in [2.45, 2.75) is 45.1 Å². The third-order valence-corrected chi connectivity index (χ3v) is 5.62. The lowest BCUT2D eigenvalue weighted by atomic mass is 9.93. The SMILES string of the molecule is CC(c1ccc(C#N)cc1)N1CCC(CN2CCCCC2=O)CC1. The standard InChI is InChI=1S/C20H27N3O/c1-16(19-7-5-17(14-21)6-8-19)22-12-9-18(10-13-22)15-23-11-3-2-4-20(23)24/h5-8,16,18H,2-4,9-13,15H2,1H3. The summed E-state index contributed by atoms with van der Waals surface area (Å²) < 4.78 is 0. The van der Waals surface area contributed by atoms with Crippen molar-refractivity contribution in [2.24, 2.45) is 5.92 Å². The number of carbonyl (C=O) groups excluding carboxylic acids is 1. The summed E-state index contributed by atoms with van der Waals surface area (Å²) in [7, 11) is 0. The zero-order chi connectivity index (χ0) is 16.9. The lowest BCUT2D eigenvalue weighted by molar-refractivity contribution is -0.134. The molecular weight excluding hydrogens is 298 g/mol. The Kier molecular flexibility index (Phi) is 5.52. The van der Waals surface area contributed by atoms with Gasteiger partial charge in [0.2, 0.25) is 5.91 Å². The van der Waals surface area contributed by atoms with Gasteiger partial charge in [0, 0.05) is 25.6 Å². The molecule has 0 N–H and O–H groups in total. The van der Waals surface area contributed by atoms with Gasteiger partial charge >= 0.3 is 0 Å². The van der Waals surface area contributed by atoms with Gasteiger partial charge in [-0.2, -0.15) is 5.26 Å². The van der Waals surface area contributed by atoms with Gasteiger partial charge < -0.3 is 4.90 Å². The summed E-state index contributed by atoms with van der Waals surface area (Å²) in [6.07, 6.45) is 5.32. The van der Waals surface area contributed by atoms with Crippen LogP contribution in [0.5, 0.6) is 0 Å². The van der Waals surface area contributed by atoms with Gasteiger partial charge in [-0.25, -0.2) is 0 Å². The van der Waals surface area contributed by atoms with E-state index in [-0.39, 0.29) is 0 Å². The van der Waals surface area contributed by atoms with Crippen molar-refractivity contribution in [3.8, 4) is 6.07 Å². The molecule has 0 bridgehead atoms. The summed E-state index contributed by atoms with van der Waals surface area (Å²) in [5, 5.41) is 8.91. The lowest BCUT2D eigenvalue weighted by Gasteiger charge is -2.38. The number of rotatable bonds is 4. The maximum Gasteiger partial charge on any atom is 0.222 e. The number of hydrogen-bond donors (Lipinski definition) is 0. The summed E-state index contributed by atoms with van der Waals surface area (Å²) in [5.41, 5.74) is 1.99. The fraction of sp³-hybridized carbons (Fsp3) is 0.600. The molecule has 2 fully saturated rings. The fourth-order valence-corrected chi connectivity index (χ4v) is 3.94. The first-order valence-corrected chi connectivity index (χ1v) is 9.19. The summed E-state index contributed by atoms with van der Waals surface area (Å²) in [6.45, 7) is 6.34. The van der Waals surface area contributed by atoms with Crippen molar-refractivity contribution >= 4 is 5.91 Å². The molecule has 1 unspecified atom stereocenters. The van der Waals surface area contributed by atoms with Gasteiger partial charge in [0.1, 0.15) is 0 Å². The molecule has 2 aliphatic heterocycles. The topological polar surface area (TPSA) is 47.3 Å². The monoisotopic (exact) mass is 325 g/mol. The summed E-state index contributed by atoms with van der Waals surface area (Å²) in [6, 6.07) is 10.5. The molecule has 128 valence electrons. The Labute approximate surface area is 145 Å². The highest BCUT2D eigenvalue weighted by Gasteiger charge is 2.27. The molecule has 2 saturated heterocycles. The number of hydrogen-bond acceptors (Lipinski definition) is 3. The fourth-order valence-electron chi connectivity index (χ4n) is 3.94. The number of piperidine rings is 2. The van der Waals surface area contributed by atoms with Crippen LogP contribution in [0.1, 0.15) is 56.2 Å². The van der Waals surface area contributed by atoms with Crippen LogP contribution in [0.15, 0.2) is 24.3 Å². The van der Waals surface area contributed by atoms with E-state index in [2.05, 4.69) is 34.9 Å². The Hall–Kier alpha value is -1.86. The van der Waals surface area contributed by atoms with E-state index in [0.29, 0.717) is 17.9 Å². The third kappa shape index (κ3) is 3.96. The molecule has 1 atom stereocenters. The van der Waals surface area contributed by atoms with Crippen LogP contribution in [0.2, 0.25) is 0 Å². The third-order valence-electron chi connectivity index (χ3n) is 5.62. The number of nitrogens with zero attached hydrogens (tertiary/aromatic N) is 3. The van der Waals surface area contributed by atoms with Crippen LogP contribution in [-0.2, 0) is 4.79 Å². The highest BCUT2D eigenvalue weighted by atomic mass is 16.2. The Morgan fingerprint density at radius 3 is 2.50 bits per heavy atom. The van der Waals surface area contributed by atoms with Gasteiger partial charge in [-0.05, 0) is 69.3 Å². The zero-order valence-electron chi connectivity index (χ0n) is 14.6. The van der Waals surface area contributed by atoms with E-state index >= 15 is 0 Å². The smallest absolute Gasteiger partial charge is 0.222 e. The number of carbonyl (C=O) groups is 1. The van der Waals surface area contributed by atoms with Gasteiger partial charge in [-0.1, -0.05) is 12.1 Å². The molecule has 24 heavy (non-hydrogen) atoms. The predicted octanol–water partition coefficient (Wildman–Crippen LogP) is 3.34. The molecule has 0 spiro atoms. The number of likely N-dealkylation sites (tertiary alicyclic amines) is 2. The Morgan fingerprint density at radius 2 is 1.88 bits per heavy atom. The van der Waals surface area contributed by atoms with Crippen LogP contribution in [0.4, 0.5) is 0 Å². The van der Waals surface area contributed by atoms with Crippen LogP contribution in [0, 0.1) is 17.2 Å². The second-order valence-corrected chi connectivity index (χ2v) is 7.19. The van der Waals surface area contributed by atoms with E-state index in [0.717, 1.165) is 44.6 Å². The lowest BCUT2D eigenvalue weighted by Crippen LogP contribution is -2.43. The Balaban J connectivity index is 1.50. The van der Waals surface area contributed by atoms with Gasteiger partial charge in [0.25, 0.3) is 0 Å². The van der Waals surface area contributed by atoms with Crippen molar-refractivity contribution in [3.63, 3.8) is 0 Å². The highest BCUT2D eigenvalue weighted by Crippen LogP contribution is 2.27. The molecule has 1 aromatic rings. The molecule has 2 heterocycles. The summed E-state index contributed by atoms with van der Waals surface area (Å²) in [5.74, 6) is 1.01. The van der Waals surface area contributed by atoms with E-state index in [1.54, 1.807) is 0 Å². The summed E-state index contributed by atoms with van der Waals surface area (Å²) >= 11 is 0. The second kappa shape index (κ2) is 7.81. The highest BCUT2D eigenvalue weighted by molar-refractivity contribution is 5.76. The molecule has 0 aromatic heterocycles. The molecule has 4 heteroatoms. The normalized spacial score (nSPS) is 21.5. The molecule has 0 radical (unpaired) electrons. The molecule has 2 aliphatic rings. The minimum absolute atomic E-state index is 0.356. The molecular formula is C20H27N3O. The zero-order valence-corrected chi connectivity index (χ0v) is 14.6. The van der Waals surface area contributed by atoms with Gasteiger partial charge in [0.15, 0.2) is 0 Å². The predicted molar refractivity (Wildman–Crippen MR) is 94.3 cm³/mol. The quantitative estimate of drug-likeness (QED) is 0.853. The first-order chi connectivity index (χ1) is 11.7. The molecule has 3 rings (SSSR count). The van der Waals surface area contributed by atoms with Gasteiger partial charge in [-0.3, -0.25) is 9.69 Å². The van der Waals surface area contributed by atoms with Gasteiger partial charge in [-0.15, -0.1) is 0 Å². The maximum absolute atomic E-state index is 12.0. The van der Waals surface area contributed by atoms with Crippen molar-refractivity contribution in [3.05, 3.63) is 35.4 Å². The van der Waals surface area contributed by atoms with Crippen LogP contribution in [0.25, 0.3) is 0 Å². The average molecular weight is 325 g/mol. The number of amides is 1. The van der Waals surface area contributed by atoms with Gasteiger partial charge in [0.05, 0.1) is 11.6 Å². The van der Waals surface area contributed by atoms with Crippen molar-refractivity contribution in [1.82, 2.24) is 9.80 Å². The van der Waals surface area contributed by atoms with Crippen molar-refractivity contribution < 1.29 is 4.79 Å². The number of benzene rings is 1. The average Bonchev–Trinajstić information content (AvgIpc) is 2.64. The largest absolute Gasteiger partial charge is 0.342 e. The van der Waals surface area contributed by atoms with E-state index in [1.807, 2.05) is 12.1 Å². The molecule has 1 amide bonds. The Morgan fingerprint density at radius 1 is 1.17 bits per heavy atom. The van der Waals surface area contributed by atoms with Crippen molar-refractivity contribution in [2.75, 3.05) is 26.2 Å². The minimum atomic E-state index is 0.356. The Bertz CT molecular complexity index is 596. The van der Waals surface area contributed by atoms with E-state index < -0.39 is 0 Å². The van der Waals surface area contributed by atoms with E-state index in [1.165, 1.54) is 24.8 Å². The number of nitriles is 1. The molecule has 1 aromatic carbocycles. The first-order valence-electron chi connectivity index (χ1n) is 9.19. The summed E-state index contributed by atoms with van der Waals surface area (Å²) in [4.78, 5) is 16.6. The van der Waals surface area contributed by atoms with Crippen LogP contribution < -0.4 is 0 Å². The minimum Gasteiger partial charge on any atom is -0.342 e. The molecule has 4 nitrogen and oxygen atoms in total. The first kappa shape index (κ1) is 17.0. The second-order valence-electron chi connectivity index (χ2n) is 7.19. The van der Waals surface area contributed by atoms with Crippen LogP contribution >= 0.6 is 0 Å². The van der Waals surface area contributed by atoms with Crippen LogP contribution in [-0.4, -0.2) is 41.9 Å². The van der Waals surface area contributed by atoms with E-state index in [9.17, 15) is 4.79 Å². The van der Waals surface area contributed by atoms with E-state index in [4.69, 9.17) is 5.26 Å². The molecule has 0 aliphatic carbocycles. The van der Waals surface area contributed by atoms with Crippen molar-refractivity contribution in [1.29, 1.82) is 5.26 Å². The van der Waals surface area contributed by atoms with Crippen LogP contribution in [0.3, 0.4) is 0 Å². The maximum atomic E-state index is 12.0.